The Kier molecular flexibility index (Phi) is 40.3. The molecule has 0 heterocycles. The monoisotopic (exact) mass is 854 g/mol. The molecule has 1 unspecified atom stereocenters. The molecule has 342 valence electrons. The van der Waals surface area contributed by atoms with E-state index in [1.807, 2.05) is 0 Å². The highest BCUT2D eigenvalue weighted by Crippen LogP contribution is 2.43. The molecule has 0 fully saturated rings. The Morgan fingerprint density at radius 1 is 0.525 bits per heavy atom. The van der Waals surface area contributed by atoms with E-state index >= 15 is 0 Å². The van der Waals surface area contributed by atoms with Crippen molar-refractivity contribution in [3.8, 4) is 0 Å². The van der Waals surface area contributed by atoms with Crippen LogP contribution in [0.2, 0.25) is 0 Å². The number of carbonyl (C=O) groups excluding carboxylic acids is 2. The van der Waals surface area contributed by atoms with Crippen LogP contribution >= 0.6 is 7.82 Å². The van der Waals surface area contributed by atoms with Gasteiger partial charge in [-0.05, 0) is 57.8 Å². The Balaban J connectivity index is 4.39. The first-order valence-corrected chi connectivity index (χ1v) is 24.7. The summed E-state index contributed by atoms with van der Waals surface area (Å²) < 4.78 is 32.7. The quantitative estimate of drug-likeness (QED) is 0.0231. The molecule has 0 rings (SSSR count). The molecule has 0 aromatic heterocycles. The molecular formula is C47H84NO10P. The first-order chi connectivity index (χ1) is 28.6. The fourth-order valence-electron chi connectivity index (χ4n) is 6.17. The van der Waals surface area contributed by atoms with E-state index in [1.54, 1.807) is 0 Å². The number of esters is 2. The van der Waals surface area contributed by atoms with Gasteiger partial charge in [0.15, 0.2) is 6.10 Å². The number of hydrogen-bond acceptors (Lipinski definition) is 9. The lowest BCUT2D eigenvalue weighted by Crippen LogP contribution is -2.34. The SMILES string of the molecule is CCCCC/C=C\C/C=C\C/C=C\C/C=C\CCCCCC(=O)O[C@H](COC(=O)CCCCCCCCCCCCCCCCCC)COP(=O)(O)OC[C@H](N)C(=O)O. The molecule has 0 aliphatic carbocycles. The number of allylic oxidation sites excluding steroid dienone is 8. The van der Waals surface area contributed by atoms with E-state index in [1.165, 1.54) is 103 Å². The van der Waals surface area contributed by atoms with Gasteiger partial charge in [0, 0.05) is 12.8 Å². The van der Waals surface area contributed by atoms with Gasteiger partial charge >= 0.3 is 25.7 Å². The molecule has 0 bridgehead atoms. The highest BCUT2D eigenvalue weighted by molar-refractivity contribution is 7.47. The number of phosphoric acid groups is 1. The molecule has 0 radical (unpaired) electrons. The van der Waals surface area contributed by atoms with Crippen molar-refractivity contribution in [1.29, 1.82) is 0 Å². The molecule has 0 saturated heterocycles. The van der Waals surface area contributed by atoms with Crippen LogP contribution in [-0.4, -0.2) is 59.9 Å². The molecule has 59 heavy (non-hydrogen) atoms. The topological polar surface area (TPSA) is 172 Å². The molecule has 3 atom stereocenters. The molecule has 0 amide bonds. The zero-order valence-electron chi connectivity index (χ0n) is 37.1. The zero-order valence-corrected chi connectivity index (χ0v) is 38.0. The minimum absolute atomic E-state index is 0.124. The summed E-state index contributed by atoms with van der Waals surface area (Å²) in [5.41, 5.74) is 5.34. The van der Waals surface area contributed by atoms with Crippen molar-refractivity contribution in [1.82, 2.24) is 0 Å². The van der Waals surface area contributed by atoms with Crippen LogP contribution in [0.3, 0.4) is 0 Å². The fourth-order valence-corrected chi connectivity index (χ4v) is 6.94. The van der Waals surface area contributed by atoms with Crippen LogP contribution < -0.4 is 5.73 Å². The highest BCUT2D eigenvalue weighted by atomic mass is 31.2. The van der Waals surface area contributed by atoms with Gasteiger partial charge in [0.2, 0.25) is 0 Å². The van der Waals surface area contributed by atoms with Crippen LogP contribution in [0.25, 0.3) is 0 Å². The second kappa shape index (κ2) is 42.1. The second-order valence-corrected chi connectivity index (χ2v) is 17.0. The molecule has 0 spiro atoms. The number of phosphoric ester groups is 1. The summed E-state index contributed by atoms with van der Waals surface area (Å²) in [5, 5.41) is 8.90. The number of aliphatic carboxylic acids is 1. The number of rotatable bonds is 43. The standard InChI is InChI=1S/C47H84NO10P/c1-3-5-7-9-11-13-15-17-19-21-22-23-25-27-29-31-33-35-37-39-46(50)58-43(41-56-59(53,54)57-42-44(48)47(51)52)40-55-45(49)38-36-34-32-30-28-26-24-20-18-16-14-12-10-8-6-4-2/h11,13,17,19,22-23,27,29,43-44H,3-10,12,14-16,18,20-21,24-26,28,30-42,48H2,1-2H3,(H,51,52)(H,53,54)/b13-11-,19-17-,23-22-,29-27-/t43-,44+/m1/s1. The Morgan fingerprint density at radius 2 is 0.898 bits per heavy atom. The van der Waals surface area contributed by atoms with Gasteiger partial charge in [0.1, 0.15) is 12.6 Å². The van der Waals surface area contributed by atoms with Gasteiger partial charge in [0.25, 0.3) is 0 Å². The first-order valence-electron chi connectivity index (χ1n) is 23.2. The summed E-state index contributed by atoms with van der Waals surface area (Å²) in [6.45, 7) is 2.76. The van der Waals surface area contributed by atoms with E-state index in [2.05, 4.69) is 67.0 Å². The van der Waals surface area contributed by atoms with Gasteiger partial charge in [-0.2, -0.15) is 0 Å². The summed E-state index contributed by atoms with van der Waals surface area (Å²) in [6, 6.07) is -1.53. The number of unbranched alkanes of at least 4 members (excludes halogenated alkanes) is 21. The van der Waals surface area contributed by atoms with Gasteiger partial charge < -0.3 is 25.2 Å². The Morgan fingerprint density at radius 3 is 1.37 bits per heavy atom. The van der Waals surface area contributed by atoms with E-state index in [-0.39, 0.29) is 19.4 Å². The van der Waals surface area contributed by atoms with Crippen molar-refractivity contribution in [3.63, 3.8) is 0 Å². The molecule has 0 aromatic rings. The maximum Gasteiger partial charge on any atom is 0.472 e. The number of carboxylic acid groups (broad SMARTS) is 1. The Bertz CT molecular complexity index is 1190. The Labute approximate surface area is 358 Å². The summed E-state index contributed by atoms with van der Waals surface area (Å²) in [7, 11) is -4.73. The van der Waals surface area contributed by atoms with E-state index in [0.29, 0.717) is 12.8 Å². The van der Waals surface area contributed by atoms with Crippen LogP contribution in [0.5, 0.6) is 0 Å². The minimum atomic E-state index is -4.73. The lowest BCUT2D eigenvalue weighted by atomic mass is 10.0. The molecule has 0 saturated carbocycles. The lowest BCUT2D eigenvalue weighted by Gasteiger charge is -2.20. The number of nitrogens with two attached hydrogens (primary N) is 1. The van der Waals surface area contributed by atoms with Crippen molar-refractivity contribution in [2.75, 3.05) is 19.8 Å². The highest BCUT2D eigenvalue weighted by Gasteiger charge is 2.28. The number of carbonyl (C=O) groups is 3. The maximum atomic E-state index is 12.6. The smallest absolute Gasteiger partial charge is 0.472 e. The van der Waals surface area contributed by atoms with Gasteiger partial charge in [-0.15, -0.1) is 0 Å². The molecular weight excluding hydrogens is 769 g/mol. The van der Waals surface area contributed by atoms with E-state index < -0.39 is 51.1 Å². The molecule has 12 heteroatoms. The van der Waals surface area contributed by atoms with Crippen molar-refractivity contribution >= 4 is 25.7 Å². The minimum Gasteiger partial charge on any atom is -0.480 e. The maximum absolute atomic E-state index is 12.6. The van der Waals surface area contributed by atoms with Crippen LogP contribution in [0.1, 0.15) is 200 Å². The normalized spacial score (nSPS) is 14.1. The van der Waals surface area contributed by atoms with Gasteiger partial charge in [-0.1, -0.05) is 178 Å². The third kappa shape index (κ3) is 41.9. The largest absolute Gasteiger partial charge is 0.480 e. The van der Waals surface area contributed by atoms with Gasteiger partial charge in [-0.3, -0.25) is 23.4 Å². The van der Waals surface area contributed by atoms with Gasteiger partial charge in [0.05, 0.1) is 13.2 Å². The molecule has 0 aliphatic rings. The number of carboxylic acids is 1. The molecule has 0 aromatic carbocycles. The predicted molar refractivity (Wildman–Crippen MR) is 240 cm³/mol. The molecule has 4 N–H and O–H groups in total. The zero-order chi connectivity index (χ0) is 43.5. The van der Waals surface area contributed by atoms with E-state index in [9.17, 15) is 23.8 Å². The summed E-state index contributed by atoms with van der Waals surface area (Å²) in [5.74, 6) is -2.41. The van der Waals surface area contributed by atoms with Crippen molar-refractivity contribution in [3.05, 3.63) is 48.6 Å². The van der Waals surface area contributed by atoms with E-state index in [0.717, 1.165) is 57.8 Å². The third-order valence-electron chi connectivity index (χ3n) is 9.83. The van der Waals surface area contributed by atoms with Crippen molar-refractivity contribution in [2.24, 2.45) is 5.73 Å². The van der Waals surface area contributed by atoms with Gasteiger partial charge in [-0.25, -0.2) is 4.57 Å². The first kappa shape index (κ1) is 56.4. The third-order valence-corrected chi connectivity index (χ3v) is 10.8. The average molecular weight is 854 g/mol. The molecule has 11 nitrogen and oxygen atoms in total. The second-order valence-electron chi connectivity index (χ2n) is 15.5. The number of ether oxygens (including phenoxy) is 2. The molecule has 0 aliphatic heterocycles. The van der Waals surface area contributed by atoms with Crippen molar-refractivity contribution in [2.45, 2.75) is 212 Å². The summed E-state index contributed by atoms with van der Waals surface area (Å²) in [6.07, 6.45) is 47.4. The van der Waals surface area contributed by atoms with E-state index in [4.69, 9.17) is 24.8 Å². The lowest BCUT2D eigenvalue weighted by molar-refractivity contribution is -0.161. The predicted octanol–water partition coefficient (Wildman–Crippen LogP) is 12.6. The van der Waals surface area contributed by atoms with Crippen LogP contribution in [0.4, 0.5) is 0 Å². The Hall–Kier alpha value is -2.56. The average Bonchev–Trinajstić information content (AvgIpc) is 3.21. The fraction of sp³-hybridized carbons (Fsp3) is 0.766. The van der Waals surface area contributed by atoms with Crippen molar-refractivity contribution < 1.29 is 47.5 Å². The summed E-state index contributed by atoms with van der Waals surface area (Å²) in [4.78, 5) is 46.0. The van der Waals surface area contributed by atoms with Crippen LogP contribution in [-0.2, 0) is 37.5 Å². The summed E-state index contributed by atoms with van der Waals surface area (Å²) >= 11 is 0. The number of hydrogen-bond donors (Lipinski definition) is 3. The van der Waals surface area contributed by atoms with Crippen LogP contribution in [0, 0.1) is 0 Å². The van der Waals surface area contributed by atoms with Crippen LogP contribution in [0.15, 0.2) is 48.6 Å².